The van der Waals surface area contributed by atoms with Crippen molar-refractivity contribution in [1.29, 1.82) is 0 Å². The molecular weight excluding hydrogens is 454 g/mol. The van der Waals surface area contributed by atoms with E-state index in [1.54, 1.807) is 28.4 Å². The minimum absolute atomic E-state index is 0.204. The maximum absolute atomic E-state index is 12.9. The summed E-state index contributed by atoms with van der Waals surface area (Å²) in [6, 6.07) is 9.55. The predicted octanol–water partition coefficient (Wildman–Crippen LogP) is 4.61. The molecule has 178 valence electrons. The lowest BCUT2D eigenvalue weighted by Gasteiger charge is -2.13. The number of nitrogens with one attached hydrogen (secondary N) is 2. The normalized spacial score (nSPS) is 10.9. The number of ether oxygens (including phenoxy) is 4. The van der Waals surface area contributed by atoms with Crippen molar-refractivity contribution in [1.82, 2.24) is 15.3 Å². The standard InChI is InChI=1S/C25H27N3O5S/c1-14-22(28-25(34-14)16-10-20(31-3)23(33-5)21(11-16)32-4)24(29)26-9-8-15-13-27-19-7-6-17(30-2)12-18(15)19/h6-7,10-13,27H,8-9H2,1-5H3,(H,26,29). The second kappa shape index (κ2) is 10.0. The summed E-state index contributed by atoms with van der Waals surface area (Å²) in [6.07, 6.45) is 2.65. The summed E-state index contributed by atoms with van der Waals surface area (Å²) in [7, 11) is 6.34. The Labute approximate surface area is 201 Å². The van der Waals surface area contributed by atoms with E-state index >= 15 is 0 Å². The molecule has 1 amide bonds. The second-order valence-corrected chi connectivity index (χ2v) is 8.77. The summed E-state index contributed by atoms with van der Waals surface area (Å²) >= 11 is 1.44. The van der Waals surface area contributed by atoms with Crippen LogP contribution in [0.25, 0.3) is 21.5 Å². The topological polar surface area (TPSA) is 94.7 Å². The summed E-state index contributed by atoms with van der Waals surface area (Å²) in [5.74, 6) is 2.17. The molecule has 0 aliphatic rings. The van der Waals surface area contributed by atoms with Gasteiger partial charge in [0.05, 0.1) is 28.4 Å². The minimum atomic E-state index is -0.204. The van der Waals surface area contributed by atoms with E-state index in [0.717, 1.165) is 32.7 Å². The van der Waals surface area contributed by atoms with Crippen LogP contribution in [0.1, 0.15) is 20.9 Å². The Balaban J connectivity index is 1.49. The smallest absolute Gasteiger partial charge is 0.271 e. The maximum atomic E-state index is 12.9. The number of H-pyrrole nitrogens is 1. The highest BCUT2D eigenvalue weighted by Crippen LogP contribution is 2.42. The van der Waals surface area contributed by atoms with Gasteiger partial charge in [0.1, 0.15) is 16.5 Å². The summed E-state index contributed by atoms with van der Waals surface area (Å²) in [5.41, 5.74) is 3.35. The van der Waals surface area contributed by atoms with Crippen molar-refractivity contribution in [3.05, 3.63) is 52.7 Å². The fourth-order valence-corrected chi connectivity index (χ4v) is 4.72. The summed E-state index contributed by atoms with van der Waals surface area (Å²) in [6.45, 7) is 2.37. The molecule has 34 heavy (non-hydrogen) atoms. The van der Waals surface area contributed by atoms with Gasteiger partial charge in [-0.25, -0.2) is 4.98 Å². The van der Waals surface area contributed by atoms with Gasteiger partial charge in [-0.1, -0.05) is 0 Å². The molecule has 8 nitrogen and oxygen atoms in total. The molecule has 2 aromatic carbocycles. The number of aromatic nitrogens is 2. The zero-order valence-electron chi connectivity index (χ0n) is 19.8. The van der Waals surface area contributed by atoms with Gasteiger partial charge in [-0.2, -0.15) is 0 Å². The Hall–Kier alpha value is -3.72. The van der Waals surface area contributed by atoms with E-state index in [9.17, 15) is 4.79 Å². The molecule has 0 fully saturated rings. The van der Waals surface area contributed by atoms with E-state index < -0.39 is 0 Å². The number of nitrogens with zero attached hydrogens (tertiary/aromatic N) is 1. The molecule has 4 aromatic rings. The molecule has 2 aromatic heterocycles. The van der Waals surface area contributed by atoms with Gasteiger partial charge in [0, 0.05) is 34.1 Å². The van der Waals surface area contributed by atoms with Gasteiger partial charge in [-0.05, 0) is 49.2 Å². The molecule has 2 N–H and O–H groups in total. The Bertz CT molecular complexity index is 1300. The third-order valence-electron chi connectivity index (χ3n) is 5.58. The van der Waals surface area contributed by atoms with Crippen LogP contribution in [0.15, 0.2) is 36.5 Å². The van der Waals surface area contributed by atoms with Crippen molar-refractivity contribution in [2.45, 2.75) is 13.3 Å². The lowest BCUT2D eigenvalue weighted by molar-refractivity contribution is 0.0949. The first kappa shape index (κ1) is 23.4. The second-order valence-electron chi connectivity index (χ2n) is 7.57. The van der Waals surface area contributed by atoms with Gasteiger partial charge in [-0.3, -0.25) is 4.79 Å². The monoisotopic (exact) mass is 481 g/mol. The predicted molar refractivity (Wildman–Crippen MR) is 133 cm³/mol. The van der Waals surface area contributed by atoms with Crippen LogP contribution in [-0.2, 0) is 6.42 Å². The largest absolute Gasteiger partial charge is 0.497 e. The number of carbonyl (C=O) groups is 1. The summed E-state index contributed by atoms with van der Waals surface area (Å²) in [4.78, 5) is 21.6. The van der Waals surface area contributed by atoms with Crippen LogP contribution in [0.3, 0.4) is 0 Å². The molecule has 0 radical (unpaired) electrons. The first-order valence-electron chi connectivity index (χ1n) is 10.7. The number of aryl methyl sites for hydroxylation is 1. The molecule has 4 rings (SSSR count). The van der Waals surface area contributed by atoms with Gasteiger partial charge in [-0.15, -0.1) is 11.3 Å². The summed E-state index contributed by atoms with van der Waals surface area (Å²) in [5, 5.41) is 4.78. The van der Waals surface area contributed by atoms with Crippen LogP contribution < -0.4 is 24.3 Å². The van der Waals surface area contributed by atoms with Gasteiger partial charge < -0.3 is 29.2 Å². The Morgan fingerprint density at radius 3 is 2.41 bits per heavy atom. The molecule has 2 heterocycles. The van der Waals surface area contributed by atoms with E-state index in [0.29, 0.717) is 40.9 Å². The first-order valence-corrected chi connectivity index (χ1v) is 11.5. The highest BCUT2D eigenvalue weighted by atomic mass is 32.1. The SMILES string of the molecule is COc1ccc2[nH]cc(CCNC(=O)c3nc(-c4cc(OC)c(OC)c(OC)c4)sc3C)c2c1. The highest BCUT2D eigenvalue weighted by Gasteiger charge is 2.20. The maximum Gasteiger partial charge on any atom is 0.271 e. The molecule has 0 aliphatic carbocycles. The number of thiazole rings is 1. The van der Waals surface area contributed by atoms with Crippen molar-refractivity contribution < 1.29 is 23.7 Å². The number of amides is 1. The van der Waals surface area contributed by atoms with Crippen molar-refractivity contribution in [3.63, 3.8) is 0 Å². The Kier molecular flexibility index (Phi) is 6.93. The number of fused-ring (bicyclic) bond motifs is 1. The lowest BCUT2D eigenvalue weighted by Crippen LogP contribution is -2.26. The molecule has 0 bridgehead atoms. The third kappa shape index (κ3) is 4.51. The van der Waals surface area contributed by atoms with Crippen LogP contribution in [0.5, 0.6) is 23.0 Å². The molecule has 0 saturated carbocycles. The van der Waals surface area contributed by atoms with Crippen LogP contribution in [-0.4, -0.2) is 50.9 Å². The highest BCUT2D eigenvalue weighted by molar-refractivity contribution is 7.15. The molecular formula is C25H27N3O5S. The number of carbonyl (C=O) groups excluding carboxylic acids is 1. The van der Waals surface area contributed by atoms with Crippen molar-refractivity contribution in [2.24, 2.45) is 0 Å². The van der Waals surface area contributed by atoms with Gasteiger partial charge in [0.15, 0.2) is 11.5 Å². The van der Waals surface area contributed by atoms with Crippen LogP contribution >= 0.6 is 11.3 Å². The average Bonchev–Trinajstić information content (AvgIpc) is 3.45. The third-order valence-corrected chi connectivity index (χ3v) is 6.60. The van der Waals surface area contributed by atoms with E-state index in [-0.39, 0.29) is 5.91 Å². The first-order chi connectivity index (χ1) is 16.5. The fourth-order valence-electron chi connectivity index (χ4n) is 3.82. The van der Waals surface area contributed by atoms with E-state index in [1.807, 2.05) is 43.5 Å². The molecule has 0 atom stereocenters. The quantitative estimate of drug-likeness (QED) is 0.363. The molecule has 9 heteroatoms. The lowest BCUT2D eigenvalue weighted by atomic mass is 10.1. The van der Waals surface area contributed by atoms with E-state index in [2.05, 4.69) is 15.3 Å². The molecule has 0 spiro atoms. The minimum Gasteiger partial charge on any atom is -0.497 e. The number of methoxy groups -OCH3 is 4. The average molecular weight is 482 g/mol. The number of aromatic amines is 1. The Morgan fingerprint density at radius 2 is 1.76 bits per heavy atom. The zero-order chi connectivity index (χ0) is 24.2. The van der Waals surface area contributed by atoms with E-state index in [1.165, 1.54) is 11.3 Å². The number of hydrogen-bond acceptors (Lipinski definition) is 7. The van der Waals surface area contributed by atoms with Crippen LogP contribution in [0.2, 0.25) is 0 Å². The van der Waals surface area contributed by atoms with Gasteiger partial charge >= 0.3 is 0 Å². The fraction of sp³-hybridized carbons (Fsp3) is 0.280. The van der Waals surface area contributed by atoms with E-state index in [4.69, 9.17) is 18.9 Å². The number of hydrogen-bond donors (Lipinski definition) is 2. The molecule has 0 unspecified atom stereocenters. The molecule has 0 saturated heterocycles. The van der Waals surface area contributed by atoms with Crippen LogP contribution in [0, 0.1) is 6.92 Å². The van der Waals surface area contributed by atoms with Gasteiger partial charge in [0.2, 0.25) is 5.75 Å². The Morgan fingerprint density at radius 1 is 1.03 bits per heavy atom. The summed E-state index contributed by atoms with van der Waals surface area (Å²) < 4.78 is 21.6. The number of rotatable bonds is 9. The van der Waals surface area contributed by atoms with Crippen molar-refractivity contribution >= 4 is 28.1 Å². The zero-order valence-corrected chi connectivity index (χ0v) is 20.6. The van der Waals surface area contributed by atoms with Crippen molar-refractivity contribution in [3.8, 4) is 33.6 Å². The van der Waals surface area contributed by atoms with Crippen LogP contribution in [0.4, 0.5) is 0 Å². The molecule has 0 aliphatic heterocycles. The number of benzene rings is 2. The van der Waals surface area contributed by atoms with Crippen molar-refractivity contribution in [2.75, 3.05) is 35.0 Å². The van der Waals surface area contributed by atoms with Gasteiger partial charge in [0.25, 0.3) is 5.91 Å².